The Hall–Kier alpha value is -2.18. The van der Waals surface area contributed by atoms with Gasteiger partial charge >= 0.3 is 0 Å². The third kappa shape index (κ3) is 3.93. The maximum atomic E-state index is 12.2. The minimum absolute atomic E-state index is 0.114. The number of likely N-dealkylation sites (N-methyl/N-ethyl adjacent to an activating group) is 1. The lowest BCUT2D eigenvalue weighted by Gasteiger charge is -2.23. The molecule has 116 valence electrons. The molecule has 0 aliphatic heterocycles. The standard InChI is InChI=1S/C16H19N3O2S/c1-19(2)13(14-7-4-8-22-14)10-18-16(21)12-6-3-5-11(9-12)15(17)20/h3-9,13H,10H2,1-2H3,(H2,17,20)(H,18,21). The summed E-state index contributed by atoms with van der Waals surface area (Å²) in [5.74, 6) is -0.758. The van der Waals surface area contributed by atoms with Crippen molar-refractivity contribution in [1.29, 1.82) is 0 Å². The predicted octanol–water partition coefficient (Wildman–Crippen LogP) is 1.88. The normalized spacial score (nSPS) is 12.1. The van der Waals surface area contributed by atoms with E-state index in [1.807, 2.05) is 25.5 Å². The van der Waals surface area contributed by atoms with Gasteiger partial charge in [0.25, 0.3) is 5.91 Å². The van der Waals surface area contributed by atoms with Crippen molar-refractivity contribution in [3.05, 3.63) is 57.8 Å². The second-order valence-electron chi connectivity index (χ2n) is 5.15. The molecule has 0 spiro atoms. The molecule has 3 N–H and O–H groups in total. The van der Waals surface area contributed by atoms with Crippen molar-refractivity contribution in [3.63, 3.8) is 0 Å². The first-order valence-corrected chi connectivity index (χ1v) is 7.75. The first-order valence-electron chi connectivity index (χ1n) is 6.87. The van der Waals surface area contributed by atoms with Gasteiger partial charge in [0.05, 0.1) is 6.04 Å². The zero-order valence-electron chi connectivity index (χ0n) is 12.6. The fourth-order valence-electron chi connectivity index (χ4n) is 2.12. The van der Waals surface area contributed by atoms with E-state index in [-0.39, 0.29) is 11.9 Å². The summed E-state index contributed by atoms with van der Waals surface area (Å²) in [6, 6.07) is 10.6. The van der Waals surface area contributed by atoms with Gasteiger partial charge in [-0.25, -0.2) is 0 Å². The topological polar surface area (TPSA) is 75.4 Å². The molecule has 1 atom stereocenters. The first kappa shape index (κ1) is 16.2. The molecule has 1 heterocycles. The minimum Gasteiger partial charge on any atom is -0.366 e. The van der Waals surface area contributed by atoms with Gasteiger partial charge in [-0.2, -0.15) is 0 Å². The number of carbonyl (C=O) groups is 2. The SMILES string of the molecule is CN(C)C(CNC(=O)c1cccc(C(N)=O)c1)c1cccs1. The van der Waals surface area contributed by atoms with E-state index in [9.17, 15) is 9.59 Å². The molecule has 2 aromatic rings. The van der Waals surface area contributed by atoms with E-state index < -0.39 is 5.91 Å². The molecular weight excluding hydrogens is 298 g/mol. The zero-order valence-corrected chi connectivity index (χ0v) is 13.4. The van der Waals surface area contributed by atoms with E-state index in [4.69, 9.17) is 5.73 Å². The quantitative estimate of drug-likeness (QED) is 0.854. The number of hydrogen-bond acceptors (Lipinski definition) is 4. The average molecular weight is 317 g/mol. The van der Waals surface area contributed by atoms with Crippen LogP contribution in [0.1, 0.15) is 31.6 Å². The number of benzene rings is 1. The van der Waals surface area contributed by atoms with Gasteiger partial charge in [0, 0.05) is 22.5 Å². The van der Waals surface area contributed by atoms with Crippen molar-refractivity contribution < 1.29 is 9.59 Å². The molecule has 6 heteroatoms. The molecule has 0 bridgehead atoms. The lowest BCUT2D eigenvalue weighted by Crippen LogP contribution is -2.34. The summed E-state index contributed by atoms with van der Waals surface area (Å²) in [4.78, 5) is 26.7. The van der Waals surface area contributed by atoms with Gasteiger partial charge in [-0.3, -0.25) is 9.59 Å². The van der Waals surface area contributed by atoms with Crippen LogP contribution in [0.5, 0.6) is 0 Å². The van der Waals surface area contributed by atoms with Gasteiger partial charge in [-0.1, -0.05) is 12.1 Å². The molecule has 22 heavy (non-hydrogen) atoms. The number of rotatable bonds is 6. The summed E-state index contributed by atoms with van der Waals surface area (Å²) < 4.78 is 0. The molecule has 0 aliphatic rings. The molecule has 1 unspecified atom stereocenters. The number of primary amides is 1. The molecule has 5 nitrogen and oxygen atoms in total. The van der Waals surface area contributed by atoms with Crippen molar-refractivity contribution in [2.24, 2.45) is 5.73 Å². The maximum absolute atomic E-state index is 12.2. The van der Waals surface area contributed by atoms with E-state index in [1.54, 1.807) is 29.5 Å². The third-order valence-electron chi connectivity index (χ3n) is 3.36. The Balaban J connectivity index is 2.05. The summed E-state index contributed by atoms with van der Waals surface area (Å²) >= 11 is 1.66. The highest BCUT2D eigenvalue weighted by Crippen LogP contribution is 2.22. The number of carbonyl (C=O) groups excluding carboxylic acids is 2. The summed E-state index contributed by atoms with van der Waals surface area (Å²) in [6.45, 7) is 0.493. The van der Waals surface area contributed by atoms with Crippen LogP contribution in [-0.4, -0.2) is 37.4 Å². The number of nitrogens with zero attached hydrogens (tertiary/aromatic N) is 1. The largest absolute Gasteiger partial charge is 0.366 e. The minimum atomic E-state index is -0.542. The first-order chi connectivity index (χ1) is 10.5. The van der Waals surface area contributed by atoms with Gasteiger partial charge in [0.2, 0.25) is 5.91 Å². The Morgan fingerprint density at radius 3 is 2.55 bits per heavy atom. The molecule has 2 amide bonds. The van der Waals surface area contributed by atoms with E-state index in [1.165, 1.54) is 10.9 Å². The second kappa shape index (κ2) is 7.20. The maximum Gasteiger partial charge on any atom is 0.251 e. The highest BCUT2D eigenvalue weighted by atomic mass is 32.1. The smallest absolute Gasteiger partial charge is 0.251 e. The lowest BCUT2D eigenvalue weighted by atomic mass is 10.1. The number of nitrogens with two attached hydrogens (primary N) is 1. The van der Waals surface area contributed by atoms with Crippen LogP contribution < -0.4 is 11.1 Å². The number of hydrogen-bond donors (Lipinski definition) is 2. The summed E-state index contributed by atoms with van der Waals surface area (Å²) in [5.41, 5.74) is 5.99. The fourth-order valence-corrected chi connectivity index (χ4v) is 3.05. The molecule has 0 fully saturated rings. The summed E-state index contributed by atoms with van der Waals surface area (Å²) in [6.07, 6.45) is 0. The number of thiophene rings is 1. The van der Waals surface area contributed by atoms with Crippen LogP contribution in [0.2, 0.25) is 0 Å². The van der Waals surface area contributed by atoms with Gasteiger partial charge in [-0.05, 0) is 43.7 Å². The van der Waals surface area contributed by atoms with Crippen molar-refractivity contribution in [3.8, 4) is 0 Å². The van der Waals surface area contributed by atoms with Crippen molar-refractivity contribution in [2.45, 2.75) is 6.04 Å². The molecule has 1 aromatic carbocycles. The van der Waals surface area contributed by atoms with Gasteiger partial charge in [-0.15, -0.1) is 11.3 Å². The molecule has 0 aliphatic carbocycles. The lowest BCUT2D eigenvalue weighted by molar-refractivity contribution is 0.0942. The Labute approximate surface area is 133 Å². The Bertz CT molecular complexity index is 653. The van der Waals surface area contributed by atoms with E-state index in [2.05, 4.69) is 16.3 Å². The Morgan fingerprint density at radius 1 is 1.23 bits per heavy atom. The second-order valence-corrected chi connectivity index (χ2v) is 6.13. The van der Waals surface area contributed by atoms with E-state index in [0.29, 0.717) is 17.7 Å². The van der Waals surface area contributed by atoms with Crippen molar-refractivity contribution >= 4 is 23.2 Å². The Kier molecular flexibility index (Phi) is 5.30. The summed E-state index contributed by atoms with van der Waals surface area (Å²) in [5, 5.41) is 4.93. The van der Waals surface area contributed by atoms with Crippen LogP contribution in [0.15, 0.2) is 41.8 Å². The molecule has 1 aromatic heterocycles. The predicted molar refractivity (Wildman–Crippen MR) is 88.0 cm³/mol. The third-order valence-corrected chi connectivity index (χ3v) is 4.33. The van der Waals surface area contributed by atoms with Gasteiger partial charge < -0.3 is 16.0 Å². The zero-order chi connectivity index (χ0) is 16.1. The van der Waals surface area contributed by atoms with Crippen molar-refractivity contribution in [1.82, 2.24) is 10.2 Å². The highest BCUT2D eigenvalue weighted by molar-refractivity contribution is 7.10. The van der Waals surface area contributed by atoms with Crippen LogP contribution >= 0.6 is 11.3 Å². The van der Waals surface area contributed by atoms with Crippen LogP contribution in [0.4, 0.5) is 0 Å². The number of nitrogens with one attached hydrogen (secondary N) is 1. The average Bonchev–Trinajstić information content (AvgIpc) is 3.01. The molecule has 0 saturated heterocycles. The van der Waals surface area contributed by atoms with Crippen LogP contribution in [0.3, 0.4) is 0 Å². The fraction of sp³-hybridized carbons (Fsp3) is 0.250. The monoisotopic (exact) mass is 317 g/mol. The van der Waals surface area contributed by atoms with Crippen molar-refractivity contribution in [2.75, 3.05) is 20.6 Å². The van der Waals surface area contributed by atoms with E-state index in [0.717, 1.165) is 0 Å². The molecule has 2 rings (SSSR count). The van der Waals surface area contributed by atoms with Gasteiger partial charge in [0.1, 0.15) is 0 Å². The highest BCUT2D eigenvalue weighted by Gasteiger charge is 2.17. The van der Waals surface area contributed by atoms with Crippen LogP contribution in [0.25, 0.3) is 0 Å². The molecule has 0 saturated carbocycles. The van der Waals surface area contributed by atoms with E-state index >= 15 is 0 Å². The molecule has 0 radical (unpaired) electrons. The molecular formula is C16H19N3O2S. The summed E-state index contributed by atoms with van der Waals surface area (Å²) in [7, 11) is 3.95. The number of amides is 2. The van der Waals surface area contributed by atoms with Gasteiger partial charge in [0.15, 0.2) is 0 Å². The Morgan fingerprint density at radius 2 is 1.95 bits per heavy atom. The van der Waals surface area contributed by atoms with Crippen LogP contribution in [-0.2, 0) is 0 Å². The van der Waals surface area contributed by atoms with Crippen LogP contribution in [0, 0.1) is 0 Å².